The van der Waals surface area contributed by atoms with E-state index in [-0.39, 0.29) is 0 Å². The lowest BCUT2D eigenvalue weighted by molar-refractivity contribution is 0.311. The van der Waals surface area contributed by atoms with E-state index in [1.165, 1.54) is 28.7 Å². The molecular formula is C8H12IN3. The van der Waals surface area contributed by atoms with Crippen LogP contribution in [0.5, 0.6) is 0 Å². The molecule has 1 fully saturated rings. The summed E-state index contributed by atoms with van der Waals surface area (Å²) < 4.78 is 1.26. The largest absolute Gasteiger partial charge is 0.298 e. The molecule has 1 unspecified atom stereocenters. The number of likely N-dealkylation sites (tertiary alicyclic amines) is 1. The summed E-state index contributed by atoms with van der Waals surface area (Å²) in [7, 11) is 2.18. The monoisotopic (exact) mass is 277 g/mol. The molecule has 0 bridgehead atoms. The third-order valence-electron chi connectivity index (χ3n) is 2.47. The van der Waals surface area contributed by atoms with Crippen molar-refractivity contribution in [1.82, 2.24) is 15.1 Å². The maximum absolute atomic E-state index is 4.04. The molecular weight excluding hydrogens is 265 g/mol. The minimum Gasteiger partial charge on any atom is -0.298 e. The minimum absolute atomic E-state index is 0.569. The number of hydrogen-bond acceptors (Lipinski definition) is 2. The van der Waals surface area contributed by atoms with Crippen molar-refractivity contribution < 1.29 is 0 Å². The number of nitrogens with one attached hydrogen (secondary N) is 1. The van der Waals surface area contributed by atoms with Crippen LogP contribution in [-0.2, 0) is 0 Å². The molecule has 4 heteroatoms. The maximum Gasteiger partial charge on any atom is 0.0657 e. The van der Waals surface area contributed by atoms with Gasteiger partial charge in [0, 0.05) is 0 Å². The summed E-state index contributed by atoms with van der Waals surface area (Å²) in [4.78, 5) is 2.38. The summed E-state index contributed by atoms with van der Waals surface area (Å²) in [5.74, 6) is 0. The van der Waals surface area contributed by atoms with Gasteiger partial charge in [-0.3, -0.25) is 10.00 Å². The zero-order valence-electron chi connectivity index (χ0n) is 7.05. The lowest BCUT2D eigenvalue weighted by Gasteiger charge is -2.17. The molecule has 0 aliphatic carbocycles. The summed E-state index contributed by atoms with van der Waals surface area (Å²) >= 11 is 2.33. The molecule has 1 aromatic rings. The van der Waals surface area contributed by atoms with Gasteiger partial charge >= 0.3 is 0 Å². The van der Waals surface area contributed by atoms with Crippen molar-refractivity contribution in [3.63, 3.8) is 0 Å². The van der Waals surface area contributed by atoms with Gasteiger partial charge in [0.25, 0.3) is 0 Å². The van der Waals surface area contributed by atoms with E-state index in [1.807, 2.05) is 6.20 Å². The van der Waals surface area contributed by atoms with Gasteiger partial charge in [-0.25, -0.2) is 0 Å². The Morgan fingerprint density at radius 1 is 1.75 bits per heavy atom. The molecule has 0 spiro atoms. The Bertz CT molecular complexity index is 271. The molecule has 3 nitrogen and oxygen atoms in total. The number of nitrogens with zero attached hydrogens (tertiary/aromatic N) is 2. The third kappa shape index (κ3) is 1.37. The zero-order chi connectivity index (χ0) is 8.55. The van der Waals surface area contributed by atoms with Crippen LogP contribution >= 0.6 is 22.6 Å². The Morgan fingerprint density at radius 3 is 3.08 bits per heavy atom. The Labute approximate surface area is 85.7 Å². The third-order valence-corrected chi connectivity index (χ3v) is 3.33. The van der Waals surface area contributed by atoms with Crippen LogP contribution in [0.1, 0.15) is 24.6 Å². The molecule has 1 saturated heterocycles. The van der Waals surface area contributed by atoms with E-state index in [1.54, 1.807) is 0 Å². The van der Waals surface area contributed by atoms with Crippen molar-refractivity contribution in [2.45, 2.75) is 18.9 Å². The molecule has 1 atom stereocenters. The van der Waals surface area contributed by atoms with Gasteiger partial charge in [0.15, 0.2) is 0 Å². The number of H-pyrrole nitrogens is 1. The molecule has 66 valence electrons. The maximum atomic E-state index is 4.04. The van der Waals surface area contributed by atoms with E-state index in [9.17, 15) is 0 Å². The van der Waals surface area contributed by atoms with Crippen molar-refractivity contribution in [1.29, 1.82) is 0 Å². The van der Waals surface area contributed by atoms with Gasteiger partial charge in [0.05, 0.1) is 21.5 Å². The first-order chi connectivity index (χ1) is 5.79. The lowest BCUT2D eigenvalue weighted by Crippen LogP contribution is -2.18. The molecule has 0 amide bonds. The molecule has 12 heavy (non-hydrogen) atoms. The van der Waals surface area contributed by atoms with Crippen LogP contribution < -0.4 is 0 Å². The average molecular weight is 277 g/mol. The summed E-state index contributed by atoms with van der Waals surface area (Å²) in [6.07, 6.45) is 4.45. The predicted octanol–water partition coefficient (Wildman–Crippen LogP) is 1.78. The Morgan fingerprint density at radius 2 is 2.58 bits per heavy atom. The molecule has 1 aliphatic rings. The number of halogens is 1. The van der Waals surface area contributed by atoms with E-state index in [4.69, 9.17) is 0 Å². The Hall–Kier alpha value is -0.100. The number of aromatic amines is 1. The topological polar surface area (TPSA) is 31.9 Å². The van der Waals surface area contributed by atoms with Gasteiger partial charge in [-0.15, -0.1) is 0 Å². The van der Waals surface area contributed by atoms with Crippen LogP contribution in [0.15, 0.2) is 6.20 Å². The predicted molar refractivity (Wildman–Crippen MR) is 55.9 cm³/mol. The fourth-order valence-electron chi connectivity index (χ4n) is 1.79. The first-order valence-corrected chi connectivity index (χ1v) is 5.26. The molecule has 2 heterocycles. The molecule has 0 aromatic carbocycles. The van der Waals surface area contributed by atoms with E-state index in [2.05, 4.69) is 44.7 Å². The second kappa shape index (κ2) is 3.33. The van der Waals surface area contributed by atoms with Gasteiger partial charge in [-0.1, -0.05) is 0 Å². The summed E-state index contributed by atoms with van der Waals surface area (Å²) in [5.41, 5.74) is 1.29. The highest BCUT2D eigenvalue weighted by molar-refractivity contribution is 14.1. The molecule has 0 saturated carbocycles. The van der Waals surface area contributed by atoms with Gasteiger partial charge in [0.1, 0.15) is 0 Å². The summed E-state index contributed by atoms with van der Waals surface area (Å²) in [6, 6.07) is 0.569. The zero-order valence-corrected chi connectivity index (χ0v) is 9.21. The van der Waals surface area contributed by atoms with Crippen molar-refractivity contribution in [3.8, 4) is 0 Å². The normalized spacial score (nSPS) is 25.0. The van der Waals surface area contributed by atoms with Gasteiger partial charge in [-0.05, 0) is 49.0 Å². The van der Waals surface area contributed by atoms with E-state index in [0.717, 1.165) is 0 Å². The number of aromatic nitrogens is 2. The summed E-state index contributed by atoms with van der Waals surface area (Å²) in [5, 5.41) is 7.12. The van der Waals surface area contributed by atoms with Crippen molar-refractivity contribution in [2.24, 2.45) is 0 Å². The summed E-state index contributed by atoms with van der Waals surface area (Å²) in [6.45, 7) is 1.21. The van der Waals surface area contributed by atoms with Crippen molar-refractivity contribution in [3.05, 3.63) is 15.5 Å². The number of rotatable bonds is 1. The van der Waals surface area contributed by atoms with Crippen LogP contribution in [0.3, 0.4) is 0 Å². The van der Waals surface area contributed by atoms with Crippen LogP contribution in [0.2, 0.25) is 0 Å². The highest BCUT2D eigenvalue weighted by Crippen LogP contribution is 2.31. The van der Waals surface area contributed by atoms with Gasteiger partial charge in [0.2, 0.25) is 0 Å². The van der Waals surface area contributed by atoms with Crippen LogP contribution in [0.25, 0.3) is 0 Å². The smallest absolute Gasteiger partial charge is 0.0657 e. The van der Waals surface area contributed by atoms with Crippen LogP contribution in [0, 0.1) is 3.57 Å². The van der Waals surface area contributed by atoms with E-state index >= 15 is 0 Å². The molecule has 0 radical (unpaired) electrons. The highest BCUT2D eigenvalue weighted by Gasteiger charge is 2.25. The number of hydrogen-bond donors (Lipinski definition) is 1. The SMILES string of the molecule is CN1CCCC1c1[nH]ncc1I. The molecule has 1 N–H and O–H groups in total. The van der Waals surface area contributed by atoms with Crippen LogP contribution in [-0.4, -0.2) is 28.7 Å². The molecule has 1 aliphatic heterocycles. The molecule has 1 aromatic heterocycles. The average Bonchev–Trinajstić information content (AvgIpc) is 2.59. The lowest BCUT2D eigenvalue weighted by atomic mass is 10.1. The quantitative estimate of drug-likeness (QED) is 0.793. The first kappa shape index (κ1) is 8.50. The molecule has 2 rings (SSSR count). The van der Waals surface area contributed by atoms with Crippen LogP contribution in [0.4, 0.5) is 0 Å². The van der Waals surface area contributed by atoms with Gasteiger partial charge < -0.3 is 0 Å². The first-order valence-electron chi connectivity index (χ1n) is 4.18. The minimum atomic E-state index is 0.569. The Balaban J connectivity index is 2.24. The van der Waals surface area contributed by atoms with E-state index in [0.29, 0.717) is 6.04 Å². The second-order valence-corrected chi connectivity index (χ2v) is 4.43. The van der Waals surface area contributed by atoms with E-state index < -0.39 is 0 Å². The fraction of sp³-hybridized carbons (Fsp3) is 0.625. The highest BCUT2D eigenvalue weighted by atomic mass is 127. The van der Waals surface area contributed by atoms with Crippen molar-refractivity contribution >= 4 is 22.6 Å². The van der Waals surface area contributed by atoms with Gasteiger partial charge in [-0.2, -0.15) is 5.10 Å². The fourth-order valence-corrected chi connectivity index (χ4v) is 2.41. The Kier molecular flexibility index (Phi) is 2.36. The second-order valence-electron chi connectivity index (χ2n) is 3.27. The van der Waals surface area contributed by atoms with Crippen molar-refractivity contribution in [2.75, 3.05) is 13.6 Å². The standard InChI is InChI=1S/C8H12IN3/c1-12-4-2-3-7(12)8-6(9)5-10-11-8/h5,7H,2-4H2,1H3,(H,10,11).